The van der Waals surface area contributed by atoms with Crippen molar-refractivity contribution in [3.05, 3.63) is 35.9 Å². The highest BCUT2D eigenvalue weighted by Gasteiger charge is 1.86. The second kappa shape index (κ2) is 3.11. The predicted molar refractivity (Wildman–Crippen MR) is 39.1 cm³/mol. The maximum absolute atomic E-state index is 11.6. The van der Waals surface area contributed by atoms with Gasteiger partial charge < -0.3 is 0 Å². The first-order chi connectivity index (χ1) is 4.83. The third-order valence-electron chi connectivity index (χ3n) is 1.18. The van der Waals surface area contributed by atoms with Crippen LogP contribution in [0.2, 0.25) is 0 Å². The first kappa shape index (κ1) is 6.93. The Morgan fingerprint density at radius 1 is 1.60 bits per heavy atom. The highest BCUT2D eigenvalue weighted by Crippen LogP contribution is 2.02. The Hall–Kier alpha value is -1.18. The van der Waals surface area contributed by atoms with Gasteiger partial charge in [-0.25, -0.2) is 4.39 Å². The highest BCUT2D eigenvalue weighted by atomic mass is 19.1. The maximum atomic E-state index is 11.6. The molecule has 0 aliphatic carbocycles. The Morgan fingerprint density at radius 2 is 2.40 bits per heavy atom. The number of rotatable bonds is 1. The zero-order valence-electron chi connectivity index (χ0n) is 5.71. The molecule has 0 N–H and O–H groups in total. The molecule has 1 aromatic rings. The number of aryl methyl sites for hydroxylation is 1. The van der Waals surface area contributed by atoms with E-state index in [1.807, 2.05) is 13.0 Å². The van der Waals surface area contributed by atoms with Crippen LogP contribution in [-0.2, 0) is 0 Å². The Morgan fingerprint density at radius 3 is 3.00 bits per heavy atom. The van der Waals surface area contributed by atoms with Crippen molar-refractivity contribution in [2.75, 3.05) is 0 Å². The number of halogens is 1. The standard InChI is InChI=1S/C8H8FN/c1-7-6-8(2-4-9)3-5-10-7/h2-6H,1H3. The van der Waals surface area contributed by atoms with Crippen LogP contribution in [0.15, 0.2) is 24.7 Å². The summed E-state index contributed by atoms with van der Waals surface area (Å²) in [5.74, 6) is 0. The van der Waals surface area contributed by atoms with E-state index in [9.17, 15) is 4.39 Å². The van der Waals surface area contributed by atoms with Crippen molar-refractivity contribution in [1.29, 1.82) is 0 Å². The lowest BCUT2D eigenvalue weighted by molar-refractivity contribution is 0.727. The molecule has 0 saturated heterocycles. The van der Waals surface area contributed by atoms with Crippen molar-refractivity contribution in [1.82, 2.24) is 4.98 Å². The zero-order valence-corrected chi connectivity index (χ0v) is 5.71. The molecule has 1 nitrogen and oxygen atoms in total. The zero-order chi connectivity index (χ0) is 7.40. The summed E-state index contributed by atoms with van der Waals surface area (Å²) >= 11 is 0. The normalized spacial score (nSPS) is 10.6. The Balaban J connectivity index is 2.95. The molecule has 52 valence electrons. The first-order valence-corrected chi connectivity index (χ1v) is 3.02. The fourth-order valence-electron chi connectivity index (χ4n) is 0.744. The summed E-state index contributed by atoms with van der Waals surface area (Å²) in [6.07, 6.45) is 3.58. The monoisotopic (exact) mass is 137 g/mol. The van der Waals surface area contributed by atoms with E-state index in [0.29, 0.717) is 6.33 Å². The molecule has 0 amide bonds. The minimum absolute atomic E-state index is 0.523. The summed E-state index contributed by atoms with van der Waals surface area (Å²) in [6.45, 7) is 1.87. The van der Waals surface area contributed by atoms with Crippen molar-refractivity contribution in [2.45, 2.75) is 6.92 Å². The second-order valence-electron chi connectivity index (χ2n) is 2.02. The van der Waals surface area contributed by atoms with Crippen molar-refractivity contribution in [2.24, 2.45) is 0 Å². The quantitative estimate of drug-likeness (QED) is 0.578. The van der Waals surface area contributed by atoms with E-state index in [0.717, 1.165) is 11.3 Å². The molecule has 0 unspecified atom stereocenters. The molecule has 0 atom stereocenters. The van der Waals surface area contributed by atoms with Gasteiger partial charge in [-0.2, -0.15) is 0 Å². The van der Waals surface area contributed by atoms with Gasteiger partial charge in [-0.05, 0) is 30.7 Å². The largest absolute Gasteiger partial charge is 0.262 e. The predicted octanol–water partition coefficient (Wildman–Crippen LogP) is 2.33. The molecule has 0 aromatic carbocycles. The van der Waals surface area contributed by atoms with Crippen molar-refractivity contribution >= 4 is 6.08 Å². The average Bonchev–Trinajstić information content (AvgIpc) is 1.88. The SMILES string of the molecule is Cc1cc(C=CF)ccn1. The van der Waals surface area contributed by atoms with Crippen LogP contribution in [0.25, 0.3) is 6.08 Å². The van der Waals surface area contributed by atoms with Gasteiger partial charge in [0, 0.05) is 11.9 Å². The fourth-order valence-corrected chi connectivity index (χ4v) is 0.744. The van der Waals surface area contributed by atoms with Crippen molar-refractivity contribution in [3.63, 3.8) is 0 Å². The van der Waals surface area contributed by atoms with Crippen LogP contribution in [0.1, 0.15) is 11.3 Å². The molecule has 0 spiro atoms. The molecular weight excluding hydrogens is 129 g/mol. The van der Waals surface area contributed by atoms with Gasteiger partial charge in [-0.1, -0.05) is 0 Å². The van der Waals surface area contributed by atoms with Gasteiger partial charge in [0.1, 0.15) is 0 Å². The lowest BCUT2D eigenvalue weighted by atomic mass is 10.2. The van der Waals surface area contributed by atoms with Gasteiger partial charge in [-0.3, -0.25) is 4.98 Å². The minimum Gasteiger partial charge on any atom is -0.262 e. The number of hydrogen-bond donors (Lipinski definition) is 0. The summed E-state index contributed by atoms with van der Waals surface area (Å²) < 4.78 is 11.6. The number of hydrogen-bond acceptors (Lipinski definition) is 1. The van der Waals surface area contributed by atoms with E-state index >= 15 is 0 Å². The lowest BCUT2D eigenvalue weighted by Crippen LogP contribution is -1.79. The molecule has 0 aliphatic heterocycles. The molecule has 1 rings (SSSR count). The van der Waals surface area contributed by atoms with Crippen molar-refractivity contribution < 1.29 is 4.39 Å². The van der Waals surface area contributed by atoms with Crippen molar-refractivity contribution in [3.8, 4) is 0 Å². The third kappa shape index (κ3) is 1.65. The second-order valence-corrected chi connectivity index (χ2v) is 2.02. The van der Waals surface area contributed by atoms with Crippen LogP contribution in [0, 0.1) is 6.92 Å². The van der Waals surface area contributed by atoms with E-state index < -0.39 is 0 Å². The van der Waals surface area contributed by atoms with Crippen LogP contribution >= 0.6 is 0 Å². The molecule has 1 heterocycles. The van der Waals surface area contributed by atoms with Gasteiger partial charge in [0.05, 0.1) is 6.33 Å². The van der Waals surface area contributed by atoms with Crippen LogP contribution in [0.4, 0.5) is 4.39 Å². The molecule has 0 saturated carbocycles. The molecule has 0 radical (unpaired) electrons. The molecule has 0 fully saturated rings. The van der Waals surface area contributed by atoms with Gasteiger partial charge in [0.25, 0.3) is 0 Å². The summed E-state index contributed by atoms with van der Waals surface area (Å²) in [5.41, 5.74) is 1.74. The molecule has 1 aromatic heterocycles. The molecule has 0 bridgehead atoms. The molecule has 0 aliphatic rings. The lowest BCUT2D eigenvalue weighted by Gasteiger charge is -1.91. The van der Waals surface area contributed by atoms with Gasteiger partial charge in [0.2, 0.25) is 0 Å². The van der Waals surface area contributed by atoms with Crippen LogP contribution < -0.4 is 0 Å². The number of nitrogens with zero attached hydrogens (tertiary/aromatic N) is 1. The Labute approximate surface area is 59.2 Å². The van der Waals surface area contributed by atoms with Gasteiger partial charge in [0.15, 0.2) is 0 Å². The van der Waals surface area contributed by atoms with E-state index in [1.54, 1.807) is 12.3 Å². The highest BCUT2D eigenvalue weighted by molar-refractivity contribution is 5.47. The average molecular weight is 137 g/mol. The smallest absolute Gasteiger partial charge is 0.0872 e. The minimum atomic E-state index is 0.523. The molecule has 10 heavy (non-hydrogen) atoms. The molecular formula is C8H8FN. The van der Waals surface area contributed by atoms with Crippen LogP contribution in [0.3, 0.4) is 0 Å². The van der Waals surface area contributed by atoms with Crippen LogP contribution in [-0.4, -0.2) is 4.98 Å². The Bertz CT molecular complexity index is 243. The van der Waals surface area contributed by atoms with Crippen LogP contribution in [0.5, 0.6) is 0 Å². The van der Waals surface area contributed by atoms with E-state index in [-0.39, 0.29) is 0 Å². The first-order valence-electron chi connectivity index (χ1n) is 3.02. The summed E-state index contributed by atoms with van der Waals surface area (Å²) in [5, 5.41) is 0. The number of pyridine rings is 1. The van der Waals surface area contributed by atoms with Gasteiger partial charge in [-0.15, -0.1) is 0 Å². The summed E-state index contributed by atoms with van der Waals surface area (Å²) in [6, 6.07) is 3.57. The van der Waals surface area contributed by atoms with E-state index in [1.165, 1.54) is 6.08 Å². The topological polar surface area (TPSA) is 12.9 Å². The maximum Gasteiger partial charge on any atom is 0.0872 e. The molecule has 2 heteroatoms. The number of aromatic nitrogens is 1. The van der Waals surface area contributed by atoms with Gasteiger partial charge >= 0.3 is 0 Å². The Kier molecular flexibility index (Phi) is 2.15. The third-order valence-corrected chi connectivity index (χ3v) is 1.18. The summed E-state index contributed by atoms with van der Waals surface area (Å²) in [4.78, 5) is 3.97. The van der Waals surface area contributed by atoms with E-state index in [4.69, 9.17) is 0 Å². The fraction of sp³-hybridized carbons (Fsp3) is 0.125. The summed E-state index contributed by atoms with van der Waals surface area (Å²) in [7, 11) is 0. The van der Waals surface area contributed by atoms with E-state index in [2.05, 4.69) is 4.98 Å².